The van der Waals surface area contributed by atoms with E-state index in [4.69, 9.17) is 28.0 Å². The summed E-state index contributed by atoms with van der Waals surface area (Å²) in [4.78, 5) is 0. The van der Waals surface area contributed by atoms with Crippen molar-refractivity contribution in [1.82, 2.24) is 4.67 Å². The fourth-order valence-corrected chi connectivity index (χ4v) is 7.79. The first kappa shape index (κ1) is 42.3. The molecule has 0 spiro atoms. The van der Waals surface area contributed by atoms with E-state index in [1.54, 1.807) is 14.2 Å². The van der Waals surface area contributed by atoms with Crippen molar-refractivity contribution in [2.24, 2.45) is 5.92 Å². The normalized spacial score (nSPS) is 19.8. The van der Waals surface area contributed by atoms with Gasteiger partial charge in [-0.05, 0) is 74.6 Å². The van der Waals surface area contributed by atoms with Crippen LogP contribution in [0.4, 0.5) is 0 Å². The largest absolute Gasteiger partial charge is 0.497 e. The number of nitrogens with zero attached hydrogens (tertiary/aromatic N) is 2. The maximum absolute atomic E-state index is 9.19. The summed E-state index contributed by atoms with van der Waals surface area (Å²) < 4.78 is 40.0. The van der Waals surface area contributed by atoms with Crippen molar-refractivity contribution < 1.29 is 60.7 Å². The fourth-order valence-electron chi connectivity index (χ4n) is 5.95. The van der Waals surface area contributed by atoms with Crippen molar-refractivity contribution in [2.45, 2.75) is 77.0 Å². The smallest absolute Gasteiger partial charge is 0.259 e. The topological polar surface area (TPSA) is 82.4 Å². The second kappa shape index (κ2) is 20.1. The van der Waals surface area contributed by atoms with Crippen molar-refractivity contribution in [3.63, 3.8) is 0 Å². The maximum atomic E-state index is 9.19. The molecule has 1 aliphatic heterocycles. The molecule has 3 aromatic rings. The number of methoxy groups -OCH3 is 2. The summed E-state index contributed by atoms with van der Waals surface area (Å²) in [5, 5.41) is 9.19. The van der Waals surface area contributed by atoms with Crippen LogP contribution in [-0.4, -0.2) is 62.5 Å². The average Bonchev–Trinajstić information content (AvgIpc) is 3.33. The second-order valence-corrected chi connectivity index (χ2v) is 13.4. The first-order valence-electron chi connectivity index (χ1n) is 15.9. The van der Waals surface area contributed by atoms with Gasteiger partial charge in [-0.25, -0.2) is 4.67 Å². The van der Waals surface area contributed by atoms with Crippen molar-refractivity contribution in [3.8, 4) is 17.6 Å². The van der Waals surface area contributed by atoms with Gasteiger partial charge in [0.15, 0.2) is 0 Å². The predicted molar refractivity (Wildman–Crippen MR) is 188 cm³/mol. The zero-order valence-corrected chi connectivity index (χ0v) is 33.4. The molecule has 5 atom stereocenters. The molecule has 0 aromatic heterocycles. The molecule has 5 unspecified atom stereocenters. The fraction of sp³-hybridized carbons (Fsp3) is 0.447. The van der Waals surface area contributed by atoms with Crippen LogP contribution in [0.15, 0.2) is 78.9 Å². The van der Waals surface area contributed by atoms with Crippen LogP contribution in [0.25, 0.3) is 0 Å². The van der Waals surface area contributed by atoms with Crippen LogP contribution in [0.5, 0.6) is 11.5 Å². The Morgan fingerprint density at radius 3 is 1.83 bits per heavy atom. The van der Waals surface area contributed by atoms with E-state index in [1.807, 2.05) is 66.7 Å². The molecule has 0 aliphatic carbocycles. The van der Waals surface area contributed by atoms with E-state index < -0.39 is 20.2 Å². The van der Waals surface area contributed by atoms with E-state index in [0.29, 0.717) is 6.61 Å². The van der Waals surface area contributed by atoms with Gasteiger partial charge in [0.05, 0.1) is 46.0 Å². The van der Waals surface area contributed by atoms with Crippen molar-refractivity contribution in [3.05, 3.63) is 110 Å². The Labute approximate surface area is 315 Å². The predicted octanol–water partition coefficient (Wildman–Crippen LogP) is 8.36. The van der Waals surface area contributed by atoms with Crippen LogP contribution in [0.3, 0.4) is 0 Å². The first-order valence-corrected chi connectivity index (χ1v) is 17.0. The molecular weight excluding hydrogens is 700 g/mol. The molecule has 8 nitrogen and oxygen atoms in total. The van der Waals surface area contributed by atoms with Crippen LogP contribution in [0.1, 0.15) is 57.7 Å². The summed E-state index contributed by atoms with van der Waals surface area (Å²) in [6.07, 6.45) is -0.788. The van der Waals surface area contributed by atoms with Gasteiger partial charge in [-0.1, -0.05) is 67.6 Å². The molecule has 48 heavy (non-hydrogen) atoms. The molecule has 10 heteroatoms. The van der Waals surface area contributed by atoms with E-state index in [1.165, 1.54) is 0 Å². The molecule has 1 saturated heterocycles. The molecule has 259 valence electrons. The quantitative estimate of drug-likeness (QED) is 0.0626. The Morgan fingerprint density at radius 1 is 0.875 bits per heavy atom. The third kappa shape index (κ3) is 9.86. The van der Waals surface area contributed by atoms with E-state index >= 15 is 0 Å². The van der Waals surface area contributed by atoms with Gasteiger partial charge < -0.3 is 42.3 Å². The van der Waals surface area contributed by atoms with Gasteiger partial charge in [-0.3, -0.25) is 0 Å². The minimum atomic E-state index is -1.49. The molecule has 4 rings (SSSR count). The summed E-state index contributed by atoms with van der Waals surface area (Å²) in [6, 6.07) is 28.7. The van der Waals surface area contributed by atoms with Gasteiger partial charge in [0, 0.05) is 44.8 Å². The van der Waals surface area contributed by atoms with Crippen molar-refractivity contribution in [2.75, 3.05) is 27.4 Å². The van der Waals surface area contributed by atoms with Crippen LogP contribution in [0, 0.1) is 31.6 Å². The third-order valence-corrected chi connectivity index (χ3v) is 10.5. The monoisotopic (exact) mass is 751 g/mol. The molecule has 0 saturated carbocycles. The van der Waals surface area contributed by atoms with Crippen molar-refractivity contribution >= 4 is 8.53 Å². The number of rotatable bonds is 16. The molecule has 3 aromatic carbocycles. The zero-order chi connectivity index (χ0) is 33.3. The van der Waals surface area contributed by atoms with E-state index in [9.17, 15) is 5.26 Å². The van der Waals surface area contributed by atoms with E-state index in [2.05, 4.69) is 64.4 Å². The molecule has 1 radical (unpaired) electrons. The molecular formula is C38H51N2O6PY-2. The summed E-state index contributed by atoms with van der Waals surface area (Å²) >= 11 is 0. The van der Waals surface area contributed by atoms with Crippen LogP contribution < -0.4 is 9.47 Å². The Hall–Kier alpha value is -1.92. The van der Waals surface area contributed by atoms with E-state index in [-0.39, 0.29) is 83.4 Å². The van der Waals surface area contributed by atoms with Crippen molar-refractivity contribution in [1.29, 1.82) is 5.26 Å². The number of hydrogen-bond donors (Lipinski definition) is 0. The Bertz CT molecular complexity index is 1330. The number of ether oxygens (including phenoxy) is 4. The molecule has 1 heterocycles. The maximum Gasteiger partial charge on any atom is 0.259 e. The number of nitriles is 1. The third-order valence-electron chi connectivity index (χ3n) is 8.33. The van der Waals surface area contributed by atoms with Gasteiger partial charge in [0.25, 0.3) is 8.53 Å². The van der Waals surface area contributed by atoms with Crippen LogP contribution >= 0.6 is 8.53 Å². The summed E-state index contributed by atoms with van der Waals surface area (Å²) in [5.74, 6) is 1.49. The van der Waals surface area contributed by atoms with Gasteiger partial charge in [0.1, 0.15) is 23.2 Å². The number of benzene rings is 3. The molecule has 0 amide bonds. The standard InChI is InChI=1S/C37H48N2O6P.CH3.Y/c1-26(2)39(27(3)4)46(43-24-12-23-38)45-36-28(5)29(6)44-35(36)25-42-37(30-13-10-9-11-14-30,31-15-19-33(40-7)20-16-31)32-17-21-34(41-8)22-18-32;;/h9-11,13-22,26-29,35-36H,6,12,24-25H2,1-5,7-8H3;1H3;/q2*-1;. The van der Waals surface area contributed by atoms with Crippen LogP contribution in [0.2, 0.25) is 0 Å². The molecule has 1 aliphatic rings. The molecule has 0 N–H and O–H groups in total. The Morgan fingerprint density at radius 2 is 1.38 bits per heavy atom. The van der Waals surface area contributed by atoms with Gasteiger partial charge >= 0.3 is 0 Å². The SMILES string of the molecule is [CH2-]C1OC(COC(c2ccccc2)(c2ccc(OC)cc2)c2ccc(OC)cc2)C(OP(OCCC#N)N(C(C)C)C(C)C)C1C.[CH3-].[Y]. The first-order chi connectivity index (χ1) is 22.2. The van der Waals surface area contributed by atoms with Gasteiger partial charge in [-0.15, -0.1) is 0 Å². The summed E-state index contributed by atoms with van der Waals surface area (Å²) in [6.45, 7) is 15.4. The van der Waals surface area contributed by atoms with Gasteiger partial charge in [-0.2, -0.15) is 5.26 Å². The molecule has 1 fully saturated rings. The number of hydrogen-bond acceptors (Lipinski definition) is 8. The molecule has 0 bridgehead atoms. The zero-order valence-electron chi connectivity index (χ0n) is 29.7. The minimum Gasteiger partial charge on any atom is -0.497 e. The van der Waals surface area contributed by atoms with E-state index in [0.717, 1.165) is 28.2 Å². The summed E-state index contributed by atoms with van der Waals surface area (Å²) in [7, 11) is 1.83. The Kier molecular flexibility index (Phi) is 17.7. The average molecular weight is 752 g/mol. The van der Waals surface area contributed by atoms with Crippen LogP contribution in [-0.2, 0) is 56.8 Å². The Balaban J connectivity index is 0.00000400. The second-order valence-electron chi connectivity index (χ2n) is 12.0. The van der Waals surface area contributed by atoms with Gasteiger partial charge in [0.2, 0.25) is 0 Å². The minimum absolute atomic E-state index is 0. The summed E-state index contributed by atoms with van der Waals surface area (Å²) in [5.41, 5.74) is 1.85.